The topological polar surface area (TPSA) is 79.0 Å². The molecule has 0 aromatic heterocycles. The van der Waals surface area contributed by atoms with Gasteiger partial charge in [0.05, 0.1) is 4.90 Å². The molecule has 1 aliphatic heterocycles. The lowest BCUT2D eigenvalue weighted by atomic mass is 10.1. The lowest BCUT2D eigenvalue weighted by molar-refractivity contribution is 0.0421. The second-order valence-corrected chi connectivity index (χ2v) is 7.69. The molecule has 0 atom stereocenters. The molecule has 24 heavy (non-hydrogen) atoms. The molecule has 8 heteroatoms. The van der Waals surface area contributed by atoms with E-state index < -0.39 is 10.0 Å². The summed E-state index contributed by atoms with van der Waals surface area (Å²) >= 11 is 0. The van der Waals surface area contributed by atoms with E-state index in [1.54, 1.807) is 49.3 Å². The van der Waals surface area contributed by atoms with Crippen molar-refractivity contribution in [2.45, 2.75) is 23.8 Å². The summed E-state index contributed by atoms with van der Waals surface area (Å²) in [6, 6.07) is 8.18. The molecule has 0 spiro atoms. The van der Waals surface area contributed by atoms with Gasteiger partial charge in [-0.3, -0.25) is 0 Å². The number of sulfonamides is 1. The van der Waals surface area contributed by atoms with Crippen molar-refractivity contribution in [1.82, 2.24) is 14.5 Å². The summed E-state index contributed by atoms with van der Waals surface area (Å²) in [5, 5.41) is 0. The number of nitrogens with zero attached hydrogens (tertiary/aromatic N) is 2. The molecule has 1 aliphatic rings. The van der Waals surface area contributed by atoms with Crippen LogP contribution in [0.2, 0.25) is 0 Å². The van der Waals surface area contributed by atoms with Gasteiger partial charge in [0.2, 0.25) is 10.0 Å². The predicted molar refractivity (Wildman–Crippen MR) is 91.3 cm³/mol. The van der Waals surface area contributed by atoms with Gasteiger partial charge in [0.1, 0.15) is 0 Å². The Labute approximate surface area is 143 Å². The molecule has 1 aromatic carbocycles. The Kier molecular flexibility index (Phi) is 6.59. The number of rotatable bonds is 6. The number of urea groups is 1. The summed E-state index contributed by atoms with van der Waals surface area (Å²) in [5.41, 5.74) is 0. The number of benzene rings is 1. The van der Waals surface area contributed by atoms with Crippen LogP contribution in [0.1, 0.15) is 12.8 Å². The minimum absolute atomic E-state index is 0.0786. The van der Waals surface area contributed by atoms with Crippen molar-refractivity contribution in [1.29, 1.82) is 0 Å². The fourth-order valence-electron chi connectivity index (χ4n) is 2.67. The maximum absolute atomic E-state index is 12.4. The third-order valence-electron chi connectivity index (χ3n) is 3.96. The molecule has 1 saturated heterocycles. The van der Waals surface area contributed by atoms with E-state index in [0.717, 1.165) is 12.8 Å². The smallest absolute Gasteiger partial charge is 0.319 e. The highest BCUT2D eigenvalue weighted by atomic mass is 32.2. The van der Waals surface area contributed by atoms with Crippen molar-refractivity contribution in [2.24, 2.45) is 0 Å². The predicted octanol–water partition coefficient (Wildman–Crippen LogP) is 1.13. The first kappa shape index (κ1) is 18.7. The number of hydrogen-bond acceptors (Lipinski definition) is 4. The number of nitrogens with one attached hydrogen (secondary N) is 1. The van der Waals surface area contributed by atoms with Crippen LogP contribution in [0.25, 0.3) is 0 Å². The highest BCUT2D eigenvalue weighted by Gasteiger charge is 2.27. The maximum Gasteiger partial charge on any atom is 0.319 e. The molecule has 1 heterocycles. The molecule has 2 amide bonds. The Hall–Kier alpha value is -1.64. The summed E-state index contributed by atoms with van der Waals surface area (Å²) in [7, 11) is -0.164. The normalized spacial score (nSPS) is 15.9. The van der Waals surface area contributed by atoms with Crippen molar-refractivity contribution in [3.8, 4) is 0 Å². The third-order valence-corrected chi connectivity index (χ3v) is 5.44. The SMILES string of the molecule is CN(C)C(=O)N(CCNS(=O)(=O)c1ccccc1)C1CCOCC1. The van der Waals surface area contributed by atoms with Crippen molar-refractivity contribution in [3.05, 3.63) is 30.3 Å². The number of carbonyl (C=O) groups excluding carboxylic acids is 1. The molecular weight excluding hydrogens is 330 g/mol. The zero-order valence-electron chi connectivity index (χ0n) is 14.1. The second-order valence-electron chi connectivity index (χ2n) is 5.92. The molecule has 7 nitrogen and oxygen atoms in total. The van der Waals surface area contributed by atoms with E-state index in [9.17, 15) is 13.2 Å². The van der Waals surface area contributed by atoms with Gasteiger partial charge in [-0.15, -0.1) is 0 Å². The van der Waals surface area contributed by atoms with E-state index in [1.165, 1.54) is 4.90 Å². The van der Waals surface area contributed by atoms with E-state index >= 15 is 0 Å². The quantitative estimate of drug-likeness (QED) is 0.830. The molecule has 1 N–H and O–H groups in total. The molecule has 1 aromatic rings. The summed E-state index contributed by atoms with van der Waals surface area (Å²) in [6.45, 7) is 1.75. The van der Waals surface area contributed by atoms with Crippen LogP contribution in [-0.2, 0) is 14.8 Å². The molecule has 134 valence electrons. The van der Waals surface area contributed by atoms with Crippen LogP contribution in [0.15, 0.2) is 35.2 Å². The minimum atomic E-state index is -3.56. The first-order chi connectivity index (χ1) is 11.4. The molecular formula is C16H25N3O4S. The van der Waals surface area contributed by atoms with Crippen LogP contribution >= 0.6 is 0 Å². The highest BCUT2D eigenvalue weighted by Crippen LogP contribution is 2.15. The summed E-state index contributed by atoms with van der Waals surface area (Å²) in [6.07, 6.45) is 1.54. The average Bonchev–Trinajstić information content (AvgIpc) is 2.59. The monoisotopic (exact) mass is 355 g/mol. The van der Waals surface area contributed by atoms with Gasteiger partial charge < -0.3 is 14.5 Å². The Morgan fingerprint density at radius 1 is 1.21 bits per heavy atom. The lowest BCUT2D eigenvalue weighted by Crippen LogP contribution is -2.50. The number of hydrogen-bond donors (Lipinski definition) is 1. The van der Waals surface area contributed by atoms with Crippen molar-refractivity contribution < 1.29 is 17.9 Å². The summed E-state index contributed by atoms with van der Waals surface area (Å²) < 4.78 is 32.4. The van der Waals surface area contributed by atoms with Gasteiger partial charge in [-0.2, -0.15) is 0 Å². The van der Waals surface area contributed by atoms with E-state index in [4.69, 9.17) is 4.74 Å². The molecule has 0 saturated carbocycles. The second kappa shape index (κ2) is 8.46. The lowest BCUT2D eigenvalue weighted by Gasteiger charge is -2.36. The van der Waals surface area contributed by atoms with Gasteiger partial charge in [-0.1, -0.05) is 18.2 Å². The van der Waals surface area contributed by atoms with Crippen molar-refractivity contribution in [3.63, 3.8) is 0 Å². The fraction of sp³-hybridized carbons (Fsp3) is 0.562. The molecule has 0 unspecified atom stereocenters. The summed E-state index contributed by atoms with van der Waals surface area (Å²) in [5.74, 6) is 0. The zero-order valence-corrected chi connectivity index (χ0v) is 15.0. The van der Waals surface area contributed by atoms with Gasteiger partial charge in [0.25, 0.3) is 0 Å². The standard InChI is InChI=1S/C16H25N3O4S/c1-18(2)16(20)19(14-8-12-23-13-9-14)11-10-17-24(21,22)15-6-4-3-5-7-15/h3-7,14,17H,8-13H2,1-2H3. The van der Waals surface area contributed by atoms with Crippen LogP contribution in [0.5, 0.6) is 0 Å². The Morgan fingerprint density at radius 3 is 2.42 bits per heavy atom. The van der Waals surface area contributed by atoms with Crippen LogP contribution in [-0.4, -0.2) is 70.7 Å². The Balaban J connectivity index is 1.98. The molecule has 0 aliphatic carbocycles. The van der Waals surface area contributed by atoms with E-state index in [-0.39, 0.29) is 23.5 Å². The average molecular weight is 355 g/mol. The van der Waals surface area contributed by atoms with Crippen molar-refractivity contribution >= 4 is 16.1 Å². The van der Waals surface area contributed by atoms with Crippen LogP contribution in [0.3, 0.4) is 0 Å². The fourth-order valence-corrected chi connectivity index (χ4v) is 3.71. The van der Waals surface area contributed by atoms with Gasteiger partial charge in [-0.05, 0) is 25.0 Å². The number of amides is 2. The maximum atomic E-state index is 12.4. The zero-order chi connectivity index (χ0) is 17.6. The number of carbonyl (C=O) groups is 1. The van der Waals surface area contributed by atoms with E-state index in [2.05, 4.69) is 4.72 Å². The van der Waals surface area contributed by atoms with Crippen LogP contribution in [0, 0.1) is 0 Å². The van der Waals surface area contributed by atoms with Gasteiger partial charge in [0, 0.05) is 46.4 Å². The van der Waals surface area contributed by atoms with E-state index in [1.807, 2.05) is 0 Å². The number of ether oxygens (including phenoxy) is 1. The molecule has 2 rings (SSSR count). The highest BCUT2D eigenvalue weighted by molar-refractivity contribution is 7.89. The largest absolute Gasteiger partial charge is 0.381 e. The van der Waals surface area contributed by atoms with Crippen LogP contribution < -0.4 is 4.72 Å². The van der Waals surface area contributed by atoms with E-state index in [0.29, 0.717) is 19.8 Å². The van der Waals surface area contributed by atoms with Gasteiger partial charge >= 0.3 is 6.03 Å². The first-order valence-electron chi connectivity index (χ1n) is 8.02. The Bertz CT molecular complexity index is 628. The third kappa shape index (κ3) is 4.93. The summed E-state index contributed by atoms with van der Waals surface area (Å²) in [4.78, 5) is 15.9. The van der Waals surface area contributed by atoms with Gasteiger partial charge in [0.15, 0.2) is 0 Å². The van der Waals surface area contributed by atoms with Crippen molar-refractivity contribution in [2.75, 3.05) is 40.4 Å². The minimum Gasteiger partial charge on any atom is -0.381 e. The van der Waals surface area contributed by atoms with Gasteiger partial charge in [-0.25, -0.2) is 17.9 Å². The molecule has 0 radical (unpaired) electrons. The van der Waals surface area contributed by atoms with Crippen LogP contribution in [0.4, 0.5) is 4.79 Å². The molecule has 1 fully saturated rings. The first-order valence-corrected chi connectivity index (χ1v) is 9.50. The molecule has 0 bridgehead atoms. The Morgan fingerprint density at radius 2 is 1.83 bits per heavy atom.